The molecule has 0 radical (unpaired) electrons. The van der Waals surface area contributed by atoms with Crippen molar-refractivity contribution in [1.29, 1.82) is 0 Å². The highest BCUT2D eigenvalue weighted by Gasteiger charge is 2.24. The van der Waals surface area contributed by atoms with E-state index in [-0.39, 0.29) is 56.5 Å². The second-order valence-electron chi connectivity index (χ2n) is 8.76. The van der Waals surface area contributed by atoms with E-state index < -0.39 is 12.0 Å². The number of carbonyl (C=O) groups is 3. The Morgan fingerprint density at radius 1 is 1.08 bits per heavy atom. The van der Waals surface area contributed by atoms with Crippen LogP contribution >= 0.6 is 0 Å². The maximum Gasteiger partial charge on any atom is 0.309 e. The SMILES string of the molecule is C=CCCCC(Cc1ccccc1)C(=O)OCC(C)NC(=O)C(CC=C)CC(=O)NCCOCCO. The topological polar surface area (TPSA) is 114 Å². The van der Waals surface area contributed by atoms with E-state index in [9.17, 15) is 14.4 Å². The molecule has 0 aliphatic heterocycles. The molecule has 3 unspecified atom stereocenters. The summed E-state index contributed by atoms with van der Waals surface area (Å²) in [6.07, 6.45) is 6.76. The van der Waals surface area contributed by atoms with Gasteiger partial charge in [0.25, 0.3) is 0 Å². The van der Waals surface area contributed by atoms with E-state index >= 15 is 0 Å². The molecule has 3 atom stereocenters. The first-order valence-electron chi connectivity index (χ1n) is 12.6. The number of benzene rings is 1. The molecule has 1 aromatic carbocycles. The summed E-state index contributed by atoms with van der Waals surface area (Å²) in [5.74, 6) is -1.70. The fourth-order valence-corrected chi connectivity index (χ4v) is 3.65. The number of carbonyl (C=O) groups excluding carboxylic acids is 3. The summed E-state index contributed by atoms with van der Waals surface area (Å²) in [6.45, 7) is 9.94. The van der Waals surface area contributed by atoms with Gasteiger partial charge in [-0.2, -0.15) is 0 Å². The third kappa shape index (κ3) is 13.8. The summed E-state index contributed by atoms with van der Waals surface area (Å²) in [6, 6.07) is 9.42. The molecule has 200 valence electrons. The zero-order valence-electron chi connectivity index (χ0n) is 21.5. The molecule has 1 rings (SSSR count). The molecule has 8 nitrogen and oxygen atoms in total. The summed E-state index contributed by atoms with van der Waals surface area (Å²) >= 11 is 0. The fourth-order valence-electron chi connectivity index (χ4n) is 3.65. The molecule has 8 heteroatoms. The number of amides is 2. The lowest BCUT2D eigenvalue weighted by Gasteiger charge is -2.21. The number of aliphatic hydroxyl groups excluding tert-OH is 1. The molecule has 0 heterocycles. The van der Waals surface area contributed by atoms with Crippen molar-refractivity contribution in [3.63, 3.8) is 0 Å². The smallest absolute Gasteiger partial charge is 0.309 e. The van der Waals surface area contributed by atoms with Gasteiger partial charge in [0.05, 0.1) is 37.7 Å². The number of hydrogen-bond donors (Lipinski definition) is 3. The molecule has 36 heavy (non-hydrogen) atoms. The van der Waals surface area contributed by atoms with Crippen molar-refractivity contribution in [3.05, 3.63) is 61.2 Å². The standard InChI is InChI=1S/C28H42N2O6/c1-4-6-8-14-25(19-23-12-9-7-10-13-23)28(34)36-21-22(3)30-27(33)24(11-5-2)20-26(32)29-15-17-35-18-16-31/h4-5,7,9-10,12-13,22,24-25,31H,1-2,6,8,11,14-21H2,3H3,(H,29,32)(H,30,33). The minimum Gasteiger partial charge on any atom is -0.463 e. The van der Waals surface area contributed by atoms with Crippen molar-refractivity contribution in [1.82, 2.24) is 10.6 Å². The van der Waals surface area contributed by atoms with Gasteiger partial charge >= 0.3 is 5.97 Å². The van der Waals surface area contributed by atoms with Crippen LogP contribution in [0, 0.1) is 11.8 Å². The highest BCUT2D eigenvalue weighted by atomic mass is 16.5. The summed E-state index contributed by atoms with van der Waals surface area (Å²) in [5, 5.41) is 14.2. The second kappa shape index (κ2) is 19.2. The van der Waals surface area contributed by atoms with E-state index in [1.165, 1.54) is 0 Å². The summed E-state index contributed by atoms with van der Waals surface area (Å²) < 4.78 is 10.7. The van der Waals surface area contributed by atoms with Gasteiger partial charge in [0.1, 0.15) is 6.61 Å². The Morgan fingerprint density at radius 3 is 2.50 bits per heavy atom. The third-order valence-corrected chi connectivity index (χ3v) is 5.54. The van der Waals surface area contributed by atoms with Crippen molar-refractivity contribution >= 4 is 17.8 Å². The van der Waals surface area contributed by atoms with E-state index in [4.69, 9.17) is 14.6 Å². The summed E-state index contributed by atoms with van der Waals surface area (Å²) in [5.41, 5.74) is 1.07. The van der Waals surface area contributed by atoms with E-state index in [0.29, 0.717) is 25.8 Å². The fraction of sp³-hybridized carbons (Fsp3) is 0.536. The number of unbranched alkanes of at least 4 members (excludes halogenated alkanes) is 1. The van der Waals surface area contributed by atoms with Crippen molar-refractivity contribution in [3.8, 4) is 0 Å². The maximum absolute atomic E-state index is 12.8. The molecular formula is C28H42N2O6. The van der Waals surface area contributed by atoms with Crippen LogP contribution < -0.4 is 10.6 Å². The number of allylic oxidation sites excluding steroid dienone is 2. The van der Waals surface area contributed by atoms with Gasteiger partial charge in [-0.05, 0) is 44.6 Å². The molecule has 3 N–H and O–H groups in total. The predicted molar refractivity (Wildman–Crippen MR) is 140 cm³/mol. The first-order valence-corrected chi connectivity index (χ1v) is 12.6. The van der Waals surface area contributed by atoms with Crippen molar-refractivity contribution in [2.75, 3.05) is 33.0 Å². The van der Waals surface area contributed by atoms with Crippen LogP contribution in [-0.2, 0) is 30.3 Å². The lowest BCUT2D eigenvalue weighted by atomic mass is 9.94. The average Bonchev–Trinajstić information content (AvgIpc) is 2.87. The normalized spacial score (nSPS) is 13.2. The number of aliphatic hydroxyl groups is 1. The Labute approximate surface area is 215 Å². The van der Waals surface area contributed by atoms with Crippen LogP contribution in [0.5, 0.6) is 0 Å². The minimum atomic E-state index is -0.580. The molecule has 0 saturated heterocycles. The highest BCUT2D eigenvalue weighted by molar-refractivity contribution is 5.86. The number of esters is 1. The van der Waals surface area contributed by atoms with Gasteiger partial charge < -0.3 is 25.2 Å². The largest absolute Gasteiger partial charge is 0.463 e. The number of rotatable bonds is 20. The van der Waals surface area contributed by atoms with E-state index in [0.717, 1.165) is 18.4 Å². The molecular weight excluding hydrogens is 460 g/mol. The first-order chi connectivity index (χ1) is 17.4. The highest BCUT2D eigenvalue weighted by Crippen LogP contribution is 2.18. The summed E-state index contributed by atoms with van der Waals surface area (Å²) in [7, 11) is 0. The molecule has 0 fully saturated rings. The van der Waals surface area contributed by atoms with Crippen molar-refractivity contribution in [2.45, 2.75) is 51.5 Å². The van der Waals surface area contributed by atoms with E-state index in [2.05, 4.69) is 23.8 Å². The van der Waals surface area contributed by atoms with Gasteiger partial charge in [-0.15, -0.1) is 13.2 Å². The van der Waals surface area contributed by atoms with Gasteiger partial charge in [0, 0.05) is 13.0 Å². The van der Waals surface area contributed by atoms with E-state index in [1.54, 1.807) is 13.0 Å². The van der Waals surface area contributed by atoms with Crippen LogP contribution in [0.25, 0.3) is 0 Å². The molecule has 1 aromatic rings. The van der Waals surface area contributed by atoms with E-state index in [1.807, 2.05) is 36.4 Å². The monoisotopic (exact) mass is 502 g/mol. The molecule has 0 spiro atoms. The van der Waals surface area contributed by atoms with Crippen molar-refractivity contribution < 1.29 is 29.0 Å². The Morgan fingerprint density at radius 2 is 1.83 bits per heavy atom. The van der Waals surface area contributed by atoms with Gasteiger partial charge in [-0.25, -0.2) is 0 Å². The van der Waals surface area contributed by atoms with Crippen LogP contribution in [-0.4, -0.2) is 61.9 Å². The van der Waals surface area contributed by atoms with Crippen LogP contribution in [0.15, 0.2) is 55.6 Å². The van der Waals surface area contributed by atoms with Crippen LogP contribution in [0.4, 0.5) is 0 Å². The predicted octanol–water partition coefficient (Wildman–Crippen LogP) is 2.96. The van der Waals surface area contributed by atoms with Gasteiger partial charge in [0.2, 0.25) is 11.8 Å². The molecule has 0 aliphatic carbocycles. The molecule has 0 bridgehead atoms. The average molecular weight is 503 g/mol. The van der Waals surface area contributed by atoms with Crippen molar-refractivity contribution in [2.24, 2.45) is 11.8 Å². The van der Waals surface area contributed by atoms with Gasteiger partial charge in [-0.3, -0.25) is 14.4 Å². The summed E-state index contributed by atoms with van der Waals surface area (Å²) in [4.78, 5) is 37.8. The Bertz CT molecular complexity index is 798. The van der Waals surface area contributed by atoms with Gasteiger partial charge in [-0.1, -0.05) is 42.5 Å². The number of nitrogens with one attached hydrogen (secondary N) is 2. The van der Waals surface area contributed by atoms with Crippen LogP contribution in [0.2, 0.25) is 0 Å². The lowest BCUT2D eigenvalue weighted by molar-refractivity contribution is -0.150. The van der Waals surface area contributed by atoms with Crippen LogP contribution in [0.1, 0.15) is 44.6 Å². The Balaban J connectivity index is 2.54. The Kier molecular flexibility index (Phi) is 16.6. The third-order valence-electron chi connectivity index (χ3n) is 5.54. The lowest BCUT2D eigenvalue weighted by Crippen LogP contribution is -2.42. The quantitative estimate of drug-likeness (QED) is 0.144. The Hall–Kier alpha value is -2.97. The molecule has 0 aliphatic rings. The zero-order chi connectivity index (χ0) is 26.6. The molecule has 0 aromatic heterocycles. The zero-order valence-corrected chi connectivity index (χ0v) is 21.5. The molecule has 0 saturated carbocycles. The minimum absolute atomic E-state index is 0.00676. The maximum atomic E-state index is 12.8. The number of ether oxygens (including phenoxy) is 2. The van der Waals surface area contributed by atoms with Crippen LogP contribution in [0.3, 0.4) is 0 Å². The second-order valence-corrected chi connectivity index (χ2v) is 8.76. The van der Waals surface area contributed by atoms with Gasteiger partial charge in [0.15, 0.2) is 0 Å². The number of hydrogen-bond acceptors (Lipinski definition) is 6. The molecule has 2 amide bonds. The first kappa shape index (κ1) is 31.1.